The molecule has 1 heterocycles. The van der Waals surface area contributed by atoms with Gasteiger partial charge >= 0.3 is 0 Å². The topological polar surface area (TPSA) is 12.9 Å². The van der Waals surface area contributed by atoms with E-state index < -0.39 is 0 Å². The molecule has 0 unspecified atom stereocenters. The van der Waals surface area contributed by atoms with Crippen molar-refractivity contribution in [3.63, 3.8) is 0 Å². The van der Waals surface area contributed by atoms with Gasteiger partial charge in [-0.3, -0.25) is 0 Å². The van der Waals surface area contributed by atoms with Gasteiger partial charge in [-0.25, -0.2) is 4.98 Å². The molecule has 13 heavy (non-hydrogen) atoms. The average molecular weight is 244 g/mol. The molecule has 0 radical (unpaired) electrons. The number of halogens is 1. The summed E-state index contributed by atoms with van der Waals surface area (Å²) < 4.78 is 0.926. The van der Waals surface area contributed by atoms with Crippen molar-refractivity contribution >= 4 is 15.9 Å². The predicted molar refractivity (Wildman–Crippen MR) is 62.0 cm³/mol. The van der Waals surface area contributed by atoms with Crippen molar-refractivity contribution in [1.29, 1.82) is 0 Å². The molecule has 0 spiro atoms. The minimum atomic E-state index is 0.634. The van der Waals surface area contributed by atoms with E-state index in [4.69, 9.17) is 0 Å². The number of hydrogen-bond donors (Lipinski definition) is 0. The van der Waals surface area contributed by atoms with Crippen LogP contribution in [0.5, 0.6) is 0 Å². The van der Waals surface area contributed by atoms with E-state index in [1.54, 1.807) is 0 Å². The van der Waals surface area contributed by atoms with Crippen LogP contribution in [0.2, 0.25) is 0 Å². The van der Waals surface area contributed by atoms with Gasteiger partial charge in [0.1, 0.15) is 4.60 Å². The third kappa shape index (κ3) is 4.41. The van der Waals surface area contributed by atoms with E-state index in [2.05, 4.69) is 46.9 Å². The summed E-state index contributed by atoms with van der Waals surface area (Å²) in [4.78, 5) is 4.07. The molecule has 1 rings (SSSR count). The molecule has 0 aliphatic heterocycles. The lowest BCUT2D eigenvalue weighted by molar-refractivity contribution is 0.731. The Labute approximate surface area is 89.7 Å². The normalized spacial score (nSPS) is 11.5. The molecule has 0 saturated heterocycles. The second-order valence-corrected chi connectivity index (χ2v) is 3.53. The zero-order chi connectivity index (χ0) is 10.3. The van der Waals surface area contributed by atoms with Crippen LogP contribution in [0.25, 0.3) is 0 Å². The highest BCUT2D eigenvalue weighted by Gasteiger charge is 2.01. The number of hydrogen-bond acceptors (Lipinski definition) is 1. The summed E-state index contributed by atoms with van der Waals surface area (Å²) in [6.07, 6.45) is 3.02. The first-order valence-corrected chi connectivity index (χ1v) is 5.64. The van der Waals surface area contributed by atoms with Gasteiger partial charge in [-0.2, -0.15) is 0 Å². The maximum atomic E-state index is 4.07. The van der Waals surface area contributed by atoms with Gasteiger partial charge in [-0.15, -0.1) is 0 Å². The molecule has 0 fully saturated rings. The average Bonchev–Trinajstić information content (AvgIpc) is 2.20. The Balaban J connectivity index is 0.000000671. The van der Waals surface area contributed by atoms with Crippen molar-refractivity contribution < 1.29 is 0 Å². The third-order valence-corrected chi connectivity index (χ3v) is 2.37. The van der Waals surface area contributed by atoms with Crippen molar-refractivity contribution in [2.45, 2.75) is 40.0 Å². The van der Waals surface area contributed by atoms with Gasteiger partial charge in [-0.1, -0.05) is 27.7 Å². The lowest BCUT2D eigenvalue weighted by Gasteiger charge is -2.07. The first kappa shape index (κ1) is 12.6. The summed E-state index contributed by atoms with van der Waals surface area (Å²) in [6.45, 7) is 8.42. The first-order valence-electron chi connectivity index (χ1n) is 4.85. The molecule has 1 atom stereocenters. The van der Waals surface area contributed by atoms with Crippen LogP contribution in [0.15, 0.2) is 22.9 Å². The zero-order valence-electron chi connectivity index (χ0n) is 8.84. The first-order chi connectivity index (χ1) is 6.24. The van der Waals surface area contributed by atoms with Gasteiger partial charge in [0.25, 0.3) is 0 Å². The molecular formula is C11H18BrN. The van der Waals surface area contributed by atoms with Crippen LogP contribution in [0.1, 0.15) is 45.6 Å². The monoisotopic (exact) mass is 243 g/mol. The highest BCUT2D eigenvalue weighted by Crippen LogP contribution is 2.19. The number of nitrogens with zero attached hydrogens (tertiary/aromatic N) is 1. The Bertz CT molecular complexity index is 235. The Hall–Kier alpha value is -0.370. The maximum Gasteiger partial charge on any atom is 0.106 e. The summed E-state index contributed by atoms with van der Waals surface area (Å²) in [6, 6.07) is 4.15. The predicted octanol–water partition coefficient (Wildman–Crippen LogP) is 4.38. The van der Waals surface area contributed by atoms with E-state index in [-0.39, 0.29) is 0 Å². The fourth-order valence-corrected chi connectivity index (χ4v) is 1.34. The van der Waals surface area contributed by atoms with Gasteiger partial charge in [0.2, 0.25) is 0 Å². The van der Waals surface area contributed by atoms with E-state index >= 15 is 0 Å². The summed E-state index contributed by atoms with van der Waals surface area (Å²) >= 11 is 3.35. The van der Waals surface area contributed by atoms with Gasteiger partial charge in [-0.05, 0) is 46.0 Å². The lowest BCUT2D eigenvalue weighted by atomic mass is 10.0. The highest BCUT2D eigenvalue weighted by molar-refractivity contribution is 9.10. The molecule has 1 aromatic heterocycles. The van der Waals surface area contributed by atoms with Crippen LogP contribution in [-0.4, -0.2) is 4.98 Å². The Morgan fingerprint density at radius 3 is 2.54 bits per heavy atom. The fraction of sp³-hybridized carbons (Fsp3) is 0.545. The van der Waals surface area contributed by atoms with Crippen LogP contribution < -0.4 is 0 Å². The molecule has 74 valence electrons. The maximum absolute atomic E-state index is 4.07. The molecule has 0 aromatic carbocycles. The minimum absolute atomic E-state index is 0.634. The van der Waals surface area contributed by atoms with E-state index in [9.17, 15) is 0 Å². The molecule has 1 nitrogen and oxygen atoms in total. The second-order valence-electron chi connectivity index (χ2n) is 2.72. The zero-order valence-corrected chi connectivity index (χ0v) is 10.4. The van der Waals surface area contributed by atoms with Gasteiger partial charge in [0.05, 0.1) is 0 Å². The summed E-state index contributed by atoms with van der Waals surface area (Å²) in [5.41, 5.74) is 1.36. The van der Waals surface area contributed by atoms with Gasteiger partial charge < -0.3 is 0 Å². The quantitative estimate of drug-likeness (QED) is 0.703. The number of pyridine rings is 1. The smallest absolute Gasteiger partial charge is 0.106 e. The standard InChI is InChI=1S/C9H12BrN.C2H6/c1-3-7(2)8-4-5-11-9(10)6-8;1-2/h4-7H,3H2,1-2H3;1-2H3/t7-;/m1./s1. The van der Waals surface area contributed by atoms with Crippen molar-refractivity contribution in [3.05, 3.63) is 28.5 Å². The summed E-state index contributed by atoms with van der Waals surface area (Å²) in [5, 5.41) is 0. The molecule has 0 aliphatic rings. The van der Waals surface area contributed by atoms with E-state index in [0.717, 1.165) is 4.60 Å². The highest BCUT2D eigenvalue weighted by atomic mass is 79.9. The molecule has 0 aliphatic carbocycles. The van der Waals surface area contributed by atoms with Gasteiger partial charge in [0, 0.05) is 6.20 Å². The molecule has 1 aromatic rings. The minimum Gasteiger partial charge on any atom is -0.249 e. The van der Waals surface area contributed by atoms with Crippen LogP contribution >= 0.6 is 15.9 Å². The Kier molecular flexibility index (Phi) is 6.87. The van der Waals surface area contributed by atoms with Crippen LogP contribution in [-0.2, 0) is 0 Å². The molecule has 0 N–H and O–H groups in total. The molecule has 0 saturated carbocycles. The largest absolute Gasteiger partial charge is 0.249 e. The molecular weight excluding hydrogens is 226 g/mol. The lowest BCUT2D eigenvalue weighted by Crippen LogP contribution is -1.91. The number of rotatable bonds is 2. The van der Waals surface area contributed by atoms with E-state index in [1.807, 2.05) is 20.0 Å². The Morgan fingerprint density at radius 2 is 2.08 bits per heavy atom. The van der Waals surface area contributed by atoms with Crippen molar-refractivity contribution in [1.82, 2.24) is 4.98 Å². The fourth-order valence-electron chi connectivity index (χ4n) is 0.960. The number of aromatic nitrogens is 1. The summed E-state index contributed by atoms with van der Waals surface area (Å²) in [7, 11) is 0. The summed E-state index contributed by atoms with van der Waals surface area (Å²) in [5.74, 6) is 0.634. The third-order valence-electron chi connectivity index (χ3n) is 1.93. The SMILES string of the molecule is CC.CC[C@@H](C)c1ccnc(Br)c1. The van der Waals surface area contributed by atoms with Crippen LogP contribution in [0, 0.1) is 0 Å². The molecule has 0 bridgehead atoms. The van der Waals surface area contributed by atoms with Crippen molar-refractivity contribution in [3.8, 4) is 0 Å². The molecule has 0 amide bonds. The van der Waals surface area contributed by atoms with Crippen LogP contribution in [0.3, 0.4) is 0 Å². The second kappa shape index (κ2) is 7.07. The van der Waals surface area contributed by atoms with Gasteiger partial charge in [0.15, 0.2) is 0 Å². The van der Waals surface area contributed by atoms with E-state index in [1.165, 1.54) is 12.0 Å². The van der Waals surface area contributed by atoms with Crippen LogP contribution in [0.4, 0.5) is 0 Å². The van der Waals surface area contributed by atoms with Crippen molar-refractivity contribution in [2.24, 2.45) is 0 Å². The van der Waals surface area contributed by atoms with E-state index in [0.29, 0.717) is 5.92 Å². The Morgan fingerprint density at radius 1 is 1.46 bits per heavy atom. The molecule has 2 heteroatoms. The van der Waals surface area contributed by atoms with Crippen molar-refractivity contribution in [2.75, 3.05) is 0 Å².